The van der Waals surface area contributed by atoms with E-state index >= 15 is 0 Å². The molecule has 0 bridgehead atoms. The fourth-order valence-electron chi connectivity index (χ4n) is 5.96. The largest absolute Gasteiger partial charge is 0.313 e. The number of rotatable bonds is 3. The molecule has 5 aromatic rings. The van der Waals surface area contributed by atoms with Gasteiger partial charge in [-0.1, -0.05) is 78.9 Å². The van der Waals surface area contributed by atoms with Crippen molar-refractivity contribution in [2.75, 3.05) is 13.1 Å². The van der Waals surface area contributed by atoms with Crippen LogP contribution in [-0.4, -0.2) is 18.1 Å². The van der Waals surface area contributed by atoms with Crippen LogP contribution in [0.3, 0.4) is 0 Å². The number of fused-ring (bicyclic) bond motifs is 3. The maximum absolute atomic E-state index is 4.90. The standard InChI is InChI=1S/C34H28N2/c1-22-19-26(21-33(36-22)23-9-6-17-35-18-16-23)24-7-4-8-25(20-24)27-14-15-32-29-11-3-2-10-28(29)31-13-5-12-30(27)34(31)32/h2-5,7-8,10-16,19-21,35H,6,9,17-18H2,1H3. The summed E-state index contributed by atoms with van der Waals surface area (Å²) >= 11 is 0. The summed E-state index contributed by atoms with van der Waals surface area (Å²) in [7, 11) is 0. The summed E-state index contributed by atoms with van der Waals surface area (Å²) in [5.74, 6) is 0. The first-order chi connectivity index (χ1) is 17.8. The van der Waals surface area contributed by atoms with E-state index < -0.39 is 0 Å². The Bertz CT molecular complexity index is 1650. The van der Waals surface area contributed by atoms with Gasteiger partial charge in [-0.3, -0.25) is 4.98 Å². The van der Waals surface area contributed by atoms with Crippen molar-refractivity contribution in [1.29, 1.82) is 0 Å². The minimum absolute atomic E-state index is 0.921. The fraction of sp³-hybridized carbons (Fsp3) is 0.147. The van der Waals surface area contributed by atoms with E-state index in [1.165, 1.54) is 60.9 Å². The van der Waals surface area contributed by atoms with Crippen LogP contribution in [0.15, 0.2) is 97.1 Å². The SMILES string of the molecule is Cc1cc(-c2cccc(-c3ccc4c5c(cccc35)-c3ccccc3-4)c2)cc(C2=CCNCCC2)n1. The highest BCUT2D eigenvalue weighted by molar-refractivity contribution is 6.18. The number of nitrogens with zero attached hydrogens (tertiary/aromatic N) is 1. The third kappa shape index (κ3) is 3.49. The predicted molar refractivity (Wildman–Crippen MR) is 152 cm³/mol. The smallest absolute Gasteiger partial charge is 0.0668 e. The monoisotopic (exact) mass is 464 g/mol. The molecule has 2 heterocycles. The summed E-state index contributed by atoms with van der Waals surface area (Å²) < 4.78 is 0. The quantitative estimate of drug-likeness (QED) is 0.285. The minimum Gasteiger partial charge on any atom is -0.313 e. The molecule has 7 rings (SSSR count). The first kappa shape index (κ1) is 21.3. The summed E-state index contributed by atoms with van der Waals surface area (Å²) in [5, 5.41) is 6.16. The number of allylic oxidation sites excluding steroid dienone is 1. The number of aryl methyl sites for hydroxylation is 1. The van der Waals surface area contributed by atoms with Crippen molar-refractivity contribution >= 4 is 16.3 Å². The molecule has 2 heteroatoms. The Balaban J connectivity index is 1.34. The molecular formula is C34H28N2. The van der Waals surface area contributed by atoms with Crippen LogP contribution < -0.4 is 5.32 Å². The van der Waals surface area contributed by atoms with Gasteiger partial charge in [0.2, 0.25) is 0 Å². The number of pyridine rings is 1. The zero-order valence-corrected chi connectivity index (χ0v) is 20.5. The zero-order valence-electron chi connectivity index (χ0n) is 20.5. The first-order valence-electron chi connectivity index (χ1n) is 12.9. The number of nitrogens with one attached hydrogen (secondary N) is 1. The highest BCUT2D eigenvalue weighted by Crippen LogP contribution is 2.49. The molecule has 0 amide bonds. The van der Waals surface area contributed by atoms with Crippen LogP contribution in [0.2, 0.25) is 0 Å². The van der Waals surface area contributed by atoms with Gasteiger partial charge >= 0.3 is 0 Å². The fourth-order valence-corrected chi connectivity index (χ4v) is 5.96. The average Bonchev–Trinajstić information content (AvgIpc) is 3.06. The van der Waals surface area contributed by atoms with Gasteiger partial charge in [0.15, 0.2) is 0 Å². The number of aromatic nitrogens is 1. The molecule has 36 heavy (non-hydrogen) atoms. The Labute approximate surface area is 212 Å². The number of benzene rings is 4. The van der Waals surface area contributed by atoms with E-state index in [1.54, 1.807) is 0 Å². The summed E-state index contributed by atoms with van der Waals surface area (Å²) in [6.45, 7) is 4.10. The highest BCUT2D eigenvalue weighted by atomic mass is 14.8. The average molecular weight is 465 g/mol. The molecular weight excluding hydrogens is 436 g/mol. The molecule has 0 atom stereocenters. The van der Waals surface area contributed by atoms with Gasteiger partial charge in [0, 0.05) is 12.2 Å². The van der Waals surface area contributed by atoms with E-state index in [1.807, 2.05) is 0 Å². The van der Waals surface area contributed by atoms with Gasteiger partial charge < -0.3 is 5.32 Å². The summed E-state index contributed by atoms with van der Waals surface area (Å²) in [6, 6.07) is 33.6. The third-order valence-corrected chi connectivity index (χ3v) is 7.63. The van der Waals surface area contributed by atoms with Crippen molar-refractivity contribution in [3.63, 3.8) is 0 Å². The Kier molecular flexibility index (Phi) is 5.07. The number of hydrogen-bond donors (Lipinski definition) is 1. The molecule has 0 fully saturated rings. The molecule has 1 aliphatic carbocycles. The van der Waals surface area contributed by atoms with Crippen molar-refractivity contribution in [3.05, 3.63) is 108 Å². The van der Waals surface area contributed by atoms with Crippen molar-refractivity contribution < 1.29 is 0 Å². The molecule has 0 saturated carbocycles. The van der Waals surface area contributed by atoms with Gasteiger partial charge in [-0.2, -0.15) is 0 Å². The van der Waals surface area contributed by atoms with Crippen LogP contribution >= 0.6 is 0 Å². The molecule has 0 unspecified atom stereocenters. The zero-order chi connectivity index (χ0) is 24.1. The molecule has 1 aliphatic heterocycles. The van der Waals surface area contributed by atoms with E-state index in [0.717, 1.165) is 37.3 Å². The molecule has 1 N–H and O–H groups in total. The van der Waals surface area contributed by atoms with Crippen molar-refractivity contribution in [3.8, 4) is 44.5 Å². The maximum atomic E-state index is 4.90. The lowest BCUT2D eigenvalue weighted by Gasteiger charge is -2.13. The predicted octanol–water partition coefficient (Wildman–Crippen LogP) is 8.29. The lowest BCUT2D eigenvalue weighted by Crippen LogP contribution is -2.12. The third-order valence-electron chi connectivity index (χ3n) is 7.63. The van der Waals surface area contributed by atoms with Crippen molar-refractivity contribution in [2.24, 2.45) is 0 Å². The molecule has 2 aliphatic rings. The molecule has 0 spiro atoms. The van der Waals surface area contributed by atoms with Crippen LogP contribution in [0.25, 0.3) is 60.9 Å². The molecule has 174 valence electrons. The summed E-state index contributed by atoms with van der Waals surface area (Å²) in [5.41, 5.74) is 13.9. The van der Waals surface area contributed by atoms with Crippen molar-refractivity contribution in [2.45, 2.75) is 19.8 Å². The summed E-state index contributed by atoms with van der Waals surface area (Å²) in [6.07, 6.45) is 4.53. The van der Waals surface area contributed by atoms with E-state index in [2.05, 4.69) is 109 Å². The van der Waals surface area contributed by atoms with Crippen molar-refractivity contribution in [1.82, 2.24) is 10.3 Å². The maximum Gasteiger partial charge on any atom is 0.0668 e. The second-order valence-corrected chi connectivity index (χ2v) is 9.93. The molecule has 2 nitrogen and oxygen atoms in total. The van der Waals surface area contributed by atoms with E-state index in [4.69, 9.17) is 4.98 Å². The topological polar surface area (TPSA) is 24.9 Å². The van der Waals surface area contributed by atoms with Gasteiger partial charge in [0.25, 0.3) is 0 Å². The van der Waals surface area contributed by atoms with Gasteiger partial charge in [-0.25, -0.2) is 0 Å². The Morgan fingerprint density at radius 2 is 1.42 bits per heavy atom. The number of hydrogen-bond acceptors (Lipinski definition) is 2. The van der Waals surface area contributed by atoms with Crippen LogP contribution in [0.1, 0.15) is 24.2 Å². The van der Waals surface area contributed by atoms with E-state index in [9.17, 15) is 0 Å². The first-order valence-corrected chi connectivity index (χ1v) is 12.9. The molecule has 0 radical (unpaired) electrons. The van der Waals surface area contributed by atoms with E-state index in [-0.39, 0.29) is 0 Å². The molecule has 1 aromatic heterocycles. The Morgan fingerprint density at radius 1 is 0.667 bits per heavy atom. The van der Waals surface area contributed by atoms with Crippen LogP contribution in [0.4, 0.5) is 0 Å². The minimum atomic E-state index is 0.921. The van der Waals surface area contributed by atoms with Gasteiger partial charge in [0.1, 0.15) is 0 Å². The lowest BCUT2D eigenvalue weighted by molar-refractivity contribution is 0.722. The van der Waals surface area contributed by atoms with Crippen LogP contribution in [-0.2, 0) is 0 Å². The van der Waals surface area contributed by atoms with Gasteiger partial charge in [-0.05, 0) is 105 Å². The normalized spacial score (nSPS) is 14.4. The van der Waals surface area contributed by atoms with Gasteiger partial charge in [0.05, 0.1) is 5.69 Å². The highest BCUT2D eigenvalue weighted by Gasteiger charge is 2.22. The second-order valence-electron chi connectivity index (χ2n) is 9.93. The van der Waals surface area contributed by atoms with Gasteiger partial charge in [-0.15, -0.1) is 0 Å². The second kappa shape index (κ2) is 8.58. The van der Waals surface area contributed by atoms with Crippen LogP contribution in [0, 0.1) is 6.92 Å². The molecule has 0 saturated heterocycles. The summed E-state index contributed by atoms with van der Waals surface area (Å²) in [4.78, 5) is 4.90. The van der Waals surface area contributed by atoms with E-state index in [0.29, 0.717) is 0 Å². The Hall–Kier alpha value is -4.01. The van der Waals surface area contributed by atoms with Crippen LogP contribution in [0.5, 0.6) is 0 Å². The Morgan fingerprint density at radius 3 is 2.31 bits per heavy atom. The lowest BCUT2D eigenvalue weighted by atomic mass is 9.92. The molecule has 4 aromatic carbocycles.